The number of rotatable bonds is 6. The molecular weight excluding hydrogens is 288 g/mol. The Morgan fingerprint density at radius 2 is 2.09 bits per heavy atom. The van der Waals surface area contributed by atoms with Crippen LogP contribution in [0, 0.1) is 10.1 Å². The van der Waals surface area contributed by atoms with Crippen molar-refractivity contribution >= 4 is 17.8 Å². The zero-order valence-electron chi connectivity index (χ0n) is 11.4. The molecule has 0 aliphatic rings. The largest absolute Gasteiger partial charge is 0.484 e. The number of carbonyl (C=O) groups is 1. The lowest BCUT2D eigenvalue weighted by Crippen LogP contribution is -2.24. The van der Waals surface area contributed by atoms with Crippen LogP contribution in [0.2, 0.25) is 0 Å². The molecule has 0 spiro atoms. The monoisotopic (exact) mass is 300 g/mol. The van der Waals surface area contributed by atoms with E-state index in [9.17, 15) is 14.9 Å². The summed E-state index contributed by atoms with van der Waals surface area (Å²) in [6.45, 7) is -0.253. The van der Waals surface area contributed by atoms with E-state index in [1.807, 2.05) is 0 Å². The molecule has 1 heterocycles. The van der Waals surface area contributed by atoms with Crippen molar-refractivity contribution in [1.82, 2.24) is 10.4 Å². The van der Waals surface area contributed by atoms with Crippen LogP contribution in [-0.4, -0.2) is 28.6 Å². The number of amides is 1. The SMILES string of the molecule is O=C(COc1ccc([N+](=O)[O-])cc1)N/N=C\c1ccccn1. The number of benzene rings is 1. The fourth-order valence-electron chi connectivity index (χ4n) is 1.47. The number of ether oxygens (including phenoxy) is 1. The van der Waals surface area contributed by atoms with Gasteiger partial charge in [-0.25, -0.2) is 5.43 Å². The number of pyridine rings is 1. The Bertz CT molecular complexity index is 671. The molecule has 1 aromatic heterocycles. The number of hydrogen-bond donors (Lipinski definition) is 1. The van der Waals surface area contributed by atoms with Crippen LogP contribution >= 0.6 is 0 Å². The molecule has 1 N–H and O–H groups in total. The predicted octanol–water partition coefficient (Wildman–Crippen LogP) is 1.52. The Morgan fingerprint density at radius 3 is 2.73 bits per heavy atom. The Hall–Kier alpha value is -3.29. The Morgan fingerprint density at radius 1 is 1.32 bits per heavy atom. The van der Waals surface area contributed by atoms with Gasteiger partial charge in [-0.2, -0.15) is 5.10 Å². The average molecular weight is 300 g/mol. The van der Waals surface area contributed by atoms with E-state index >= 15 is 0 Å². The second kappa shape index (κ2) is 7.48. The summed E-state index contributed by atoms with van der Waals surface area (Å²) >= 11 is 0. The number of nitrogens with one attached hydrogen (secondary N) is 1. The molecule has 0 saturated heterocycles. The third-order valence-corrected chi connectivity index (χ3v) is 2.49. The van der Waals surface area contributed by atoms with Gasteiger partial charge in [0.15, 0.2) is 6.61 Å². The van der Waals surface area contributed by atoms with E-state index in [1.54, 1.807) is 24.4 Å². The fourth-order valence-corrected chi connectivity index (χ4v) is 1.47. The normalized spacial score (nSPS) is 10.4. The van der Waals surface area contributed by atoms with E-state index in [0.717, 1.165) is 0 Å². The molecular formula is C14H12N4O4. The minimum atomic E-state index is -0.511. The number of hydrogen-bond acceptors (Lipinski definition) is 6. The van der Waals surface area contributed by atoms with Crippen LogP contribution in [0.15, 0.2) is 53.8 Å². The van der Waals surface area contributed by atoms with Crippen LogP contribution in [0.25, 0.3) is 0 Å². The summed E-state index contributed by atoms with van der Waals surface area (Å²) in [5, 5.41) is 14.2. The molecule has 0 atom stereocenters. The second-order valence-corrected chi connectivity index (χ2v) is 4.09. The summed E-state index contributed by atoms with van der Waals surface area (Å²) in [5.41, 5.74) is 2.85. The topological polar surface area (TPSA) is 107 Å². The summed E-state index contributed by atoms with van der Waals surface area (Å²) in [4.78, 5) is 25.5. The number of hydrazone groups is 1. The van der Waals surface area contributed by atoms with E-state index in [-0.39, 0.29) is 12.3 Å². The lowest BCUT2D eigenvalue weighted by atomic mass is 10.3. The van der Waals surface area contributed by atoms with Gasteiger partial charge < -0.3 is 4.74 Å². The zero-order valence-corrected chi connectivity index (χ0v) is 11.4. The summed E-state index contributed by atoms with van der Waals surface area (Å²) in [6.07, 6.45) is 3.02. The van der Waals surface area contributed by atoms with Gasteiger partial charge in [-0.15, -0.1) is 0 Å². The molecule has 2 rings (SSSR count). The summed E-state index contributed by atoms with van der Waals surface area (Å²) in [7, 11) is 0. The number of nitro groups is 1. The summed E-state index contributed by atoms with van der Waals surface area (Å²) < 4.78 is 5.18. The molecule has 1 amide bonds. The lowest BCUT2D eigenvalue weighted by molar-refractivity contribution is -0.384. The van der Waals surface area contributed by atoms with Gasteiger partial charge in [0.25, 0.3) is 11.6 Å². The molecule has 112 valence electrons. The smallest absolute Gasteiger partial charge is 0.277 e. The maximum Gasteiger partial charge on any atom is 0.277 e. The van der Waals surface area contributed by atoms with Crippen LogP contribution in [-0.2, 0) is 4.79 Å². The van der Waals surface area contributed by atoms with Crippen molar-refractivity contribution in [3.63, 3.8) is 0 Å². The fraction of sp³-hybridized carbons (Fsp3) is 0.0714. The third-order valence-electron chi connectivity index (χ3n) is 2.49. The molecule has 0 unspecified atom stereocenters. The molecule has 0 saturated carbocycles. The van der Waals surface area contributed by atoms with Gasteiger partial charge in [-0.1, -0.05) is 6.07 Å². The molecule has 8 heteroatoms. The van der Waals surface area contributed by atoms with Crippen molar-refractivity contribution in [3.05, 3.63) is 64.5 Å². The minimum absolute atomic E-state index is 0.0447. The molecule has 8 nitrogen and oxygen atoms in total. The van der Waals surface area contributed by atoms with Crippen molar-refractivity contribution in [1.29, 1.82) is 0 Å². The number of nitrogens with zero attached hydrogens (tertiary/aromatic N) is 3. The predicted molar refractivity (Wildman–Crippen MR) is 78.6 cm³/mol. The van der Waals surface area contributed by atoms with Crippen molar-refractivity contribution in [2.45, 2.75) is 0 Å². The van der Waals surface area contributed by atoms with Crippen molar-refractivity contribution in [2.75, 3.05) is 6.61 Å². The number of nitro benzene ring substituents is 1. The maximum atomic E-state index is 11.5. The first-order valence-corrected chi connectivity index (χ1v) is 6.25. The van der Waals surface area contributed by atoms with E-state index < -0.39 is 10.8 Å². The molecule has 0 aliphatic heterocycles. The molecule has 0 radical (unpaired) electrons. The zero-order chi connectivity index (χ0) is 15.8. The van der Waals surface area contributed by atoms with Crippen LogP contribution in [0.5, 0.6) is 5.75 Å². The quantitative estimate of drug-likeness (QED) is 0.494. The van der Waals surface area contributed by atoms with E-state index in [0.29, 0.717) is 11.4 Å². The first-order chi connectivity index (χ1) is 10.6. The van der Waals surface area contributed by atoms with Crippen LogP contribution < -0.4 is 10.2 Å². The van der Waals surface area contributed by atoms with Gasteiger partial charge in [0, 0.05) is 18.3 Å². The molecule has 0 aliphatic carbocycles. The molecule has 0 bridgehead atoms. The Labute approximate surface area is 125 Å². The van der Waals surface area contributed by atoms with E-state index in [4.69, 9.17) is 4.74 Å². The Balaban J connectivity index is 1.78. The third kappa shape index (κ3) is 4.67. The van der Waals surface area contributed by atoms with Crippen LogP contribution in [0.1, 0.15) is 5.69 Å². The average Bonchev–Trinajstić information content (AvgIpc) is 2.54. The second-order valence-electron chi connectivity index (χ2n) is 4.09. The molecule has 1 aromatic carbocycles. The van der Waals surface area contributed by atoms with Crippen molar-refractivity contribution in [3.8, 4) is 5.75 Å². The van der Waals surface area contributed by atoms with Gasteiger partial charge >= 0.3 is 0 Å². The summed E-state index contributed by atoms with van der Waals surface area (Å²) in [5.74, 6) is -0.0972. The standard InChI is InChI=1S/C14H12N4O4/c19-14(17-16-9-11-3-1-2-8-15-11)10-22-13-6-4-12(5-7-13)18(20)21/h1-9H,10H2,(H,17,19)/b16-9-. The minimum Gasteiger partial charge on any atom is -0.484 e. The van der Waals surface area contributed by atoms with Gasteiger partial charge in [0.05, 0.1) is 16.8 Å². The van der Waals surface area contributed by atoms with Gasteiger partial charge in [0.1, 0.15) is 5.75 Å². The van der Waals surface area contributed by atoms with Gasteiger partial charge in [-0.05, 0) is 24.3 Å². The highest BCUT2D eigenvalue weighted by atomic mass is 16.6. The van der Waals surface area contributed by atoms with Crippen molar-refractivity contribution in [2.24, 2.45) is 5.10 Å². The van der Waals surface area contributed by atoms with Gasteiger partial charge in [0.2, 0.25) is 0 Å². The lowest BCUT2D eigenvalue weighted by Gasteiger charge is -2.04. The van der Waals surface area contributed by atoms with Crippen LogP contribution in [0.3, 0.4) is 0 Å². The van der Waals surface area contributed by atoms with E-state index in [1.165, 1.54) is 30.5 Å². The van der Waals surface area contributed by atoms with Crippen molar-refractivity contribution < 1.29 is 14.5 Å². The maximum absolute atomic E-state index is 11.5. The molecule has 2 aromatic rings. The highest BCUT2D eigenvalue weighted by molar-refractivity contribution is 5.81. The summed E-state index contributed by atoms with van der Waals surface area (Å²) in [6, 6.07) is 10.7. The van der Waals surface area contributed by atoms with E-state index in [2.05, 4.69) is 15.5 Å². The first kappa shape index (κ1) is 15.1. The molecule has 0 fully saturated rings. The number of aromatic nitrogens is 1. The van der Waals surface area contributed by atoms with Gasteiger partial charge in [-0.3, -0.25) is 19.9 Å². The first-order valence-electron chi connectivity index (χ1n) is 6.25. The highest BCUT2D eigenvalue weighted by Gasteiger charge is 2.06. The Kier molecular flexibility index (Phi) is 5.14. The highest BCUT2D eigenvalue weighted by Crippen LogP contribution is 2.16. The molecule has 22 heavy (non-hydrogen) atoms. The number of carbonyl (C=O) groups excluding carboxylic acids is 1. The number of non-ortho nitro benzene ring substituents is 1. The van der Waals surface area contributed by atoms with Crippen LogP contribution in [0.4, 0.5) is 5.69 Å².